The number of anilines is 2. The van der Waals surface area contributed by atoms with Crippen LogP contribution in [0.15, 0.2) is 71.6 Å². The van der Waals surface area contributed by atoms with Crippen molar-refractivity contribution in [2.45, 2.75) is 4.90 Å². The van der Waals surface area contributed by atoms with Gasteiger partial charge in [0.2, 0.25) is 0 Å². The fraction of sp³-hybridized carbons (Fsp3) is 0.0952. The van der Waals surface area contributed by atoms with E-state index in [4.69, 9.17) is 21.1 Å². The first-order valence-electron chi connectivity index (χ1n) is 8.75. The van der Waals surface area contributed by atoms with Crippen LogP contribution in [0, 0.1) is 0 Å². The number of carbonyl (C=O) groups is 1. The number of ether oxygens (including phenoxy) is 2. The Balaban J connectivity index is 1.78. The number of hydrogen-bond donors (Lipinski definition) is 2. The van der Waals surface area contributed by atoms with Gasteiger partial charge in [0.1, 0.15) is 11.5 Å². The van der Waals surface area contributed by atoms with Gasteiger partial charge in [0, 0.05) is 17.3 Å². The Hall–Kier alpha value is -3.23. The summed E-state index contributed by atoms with van der Waals surface area (Å²) in [6, 6.07) is 17.2. The van der Waals surface area contributed by atoms with Crippen molar-refractivity contribution >= 4 is 38.9 Å². The van der Waals surface area contributed by atoms with Gasteiger partial charge in [-0.2, -0.15) is 0 Å². The monoisotopic (exact) mass is 446 g/mol. The Morgan fingerprint density at radius 2 is 1.53 bits per heavy atom. The van der Waals surface area contributed by atoms with Crippen LogP contribution in [0.5, 0.6) is 11.5 Å². The molecule has 1 amide bonds. The van der Waals surface area contributed by atoms with Crippen LogP contribution in [0.4, 0.5) is 11.4 Å². The summed E-state index contributed by atoms with van der Waals surface area (Å²) in [6.45, 7) is 0. The number of benzene rings is 3. The first kappa shape index (κ1) is 21.5. The molecular formula is C21H19ClN2O5S. The Morgan fingerprint density at radius 1 is 0.900 bits per heavy atom. The molecule has 0 atom stereocenters. The molecule has 0 aliphatic heterocycles. The molecule has 0 bridgehead atoms. The molecule has 156 valence electrons. The van der Waals surface area contributed by atoms with Gasteiger partial charge in [-0.15, -0.1) is 0 Å². The van der Waals surface area contributed by atoms with Gasteiger partial charge in [-0.3, -0.25) is 9.52 Å². The fourth-order valence-electron chi connectivity index (χ4n) is 2.66. The van der Waals surface area contributed by atoms with Crippen molar-refractivity contribution in [1.29, 1.82) is 0 Å². The molecule has 0 unspecified atom stereocenters. The zero-order chi connectivity index (χ0) is 21.7. The lowest BCUT2D eigenvalue weighted by Gasteiger charge is -2.13. The molecule has 30 heavy (non-hydrogen) atoms. The largest absolute Gasteiger partial charge is 0.495 e. The van der Waals surface area contributed by atoms with Crippen molar-refractivity contribution in [3.05, 3.63) is 77.3 Å². The predicted molar refractivity (Wildman–Crippen MR) is 116 cm³/mol. The van der Waals surface area contributed by atoms with Crippen molar-refractivity contribution in [1.82, 2.24) is 0 Å². The van der Waals surface area contributed by atoms with Gasteiger partial charge in [-0.05, 0) is 42.5 Å². The third-order valence-electron chi connectivity index (χ3n) is 4.17. The van der Waals surface area contributed by atoms with Gasteiger partial charge < -0.3 is 14.8 Å². The van der Waals surface area contributed by atoms with E-state index in [-0.39, 0.29) is 10.5 Å². The molecule has 0 aliphatic carbocycles. The van der Waals surface area contributed by atoms with E-state index >= 15 is 0 Å². The average Bonchev–Trinajstić information content (AvgIpc) is 2.74. The van der Waals surface area contributed by atoms with Crippen molar-refractivity contribution in [2.24, 2.45) is 0 Å². The summed E-state index contributed by atoms with van der Waals surface area (Å²) < 4.78 is 37.9. The minimum absolute atomic E-state index is 0.0352. The van der Waals surface area contributed by atoms with Crippen LogP contribution in [0.1, 0.15) is 10.4 Å². The molecule has 0 aliphatic rings. The third-order valence-corrected chi connectivity index (χ3v) is 5.87. The van der Waals surface area contributed by atoms with Crippen LogP contribution in [0.25, 0.3) is 0 Å². The summed E-state index contributed by atoms with van der Waals surface area (Å²) in [5.41, 5.74) is 1.07. The first-order chi connectivity index (χ1) is 14.3. The number of nitrogens with one attached hydrogen (secondary N) is 2. The molecular weight excluding hydrogens is 428 g/mol. The van der Waals surface area contributed by atoms with E-state index in [1.165, 1.54) is 44.6 Å². The smallest absolute Gasteiger partial charge is 0.261 e. The van der Waals surface area contributed by atoms with E-state index in [0.717, 1.165) is 0 Å². The SMILES string of the molecule is COc1cc(OC)c(NC(=O)c2ccc(S(=O)(=O)Nc3ccccc3)cc2)cc1Cl. The summed E-state index contributed by atoms with van der Waals surface area (Å²) >= 11 is 6.12. The van der Waals surface area contributed by atoms with Crippen LogP contribution >= 0.6 is 11.6 Å². The molecule has 3 rings (SSSR count). The van der Waals surface area contributed by atoms with Crippen molar-refractivity contribution in [3.63, 3.8) is 0 Å². The van der Waals surface area contributed by atoms with Crippen molar-refractivity contribution in [3.8, 4) is 11.5 Å². The number of halogens is 1. The number of sulfonamides is 1. The molecule has 3 aromatic rings. The van der Waals surface area contributed by atoms with E-state index in [2.05, 4.69) is 10.0 Å². The first-order valence-corrected chi connectivity index (χ1v) is 10.6. The van der Waals surface area contributed by atoms with Crippen LogP contribution < -0.4 is 19.5 Å². The molecule has 0 aromatic heterocycles. The number of hydrogen-bond acceptors (Lipinski definition) is 5. The zero-order valence-electron chi connectivity index (χ0n) is 16.2. The lowest BCUT2D eigenvalue weighted by atomic mass is 10.2. The summed E-state index contributed by atoms with van der Waals surface area (Å²) in [5, 5.41) is 3.01. The van der Waals surface area contributed by atoms with E-state index in [0.29, 0.717) is 27.9 Å². The highest BCUT2D eigenvalue weighted by Gasteiger charge is 2.17. The Kier molecular flexibility index (Phi) is 6.49. The topological polar surface area (TPSA) is 93.7 Å². The predicted octanol–water partition coefficient (Wildman–Crippen LogP) is 4.41. The number of amides is 1. The average molecular weight is 447 g/mol. The minimum atomic E-state index is -3.77. The van der Waals surface area contributed by atoms with E-state index in [9.17, 15) is 13.2 Å². The molecule has 3 aromatic carbocycles. The Morgan fingerprint density at radius 3 is 2.13 bits per heavy atom. The molecule has 0 saturated carbocycles. The number of carbonyl (C=O) groups excluding carboxylic acids is 1. The summed E-state index contributed by atoms with van der Waals surface area (Å²) in [4.78, 5) is 12.6. The maximum absolute atomic E-state index is 12.6. The Labute approximate surface area is 179 Å². The molecule has 0 saturated heterocycles. The van der Waals surface area contributed by atoms with E-state index < -0.39 is 15.9 Å². The number of para-hydroxylation sites is 1. The normalized spacial score (nSPS) is 10.9. The Bertz CT molecular complexity index is 1150. The van der Waals surface area contributed by atoms with Crippen molar-refractivity contribution in [2.75, 3.05) is 24.3 Å². The molecule has 9 heteroatoms. The van der Waals surface area contributed by atoms with Gasteiger partial charge in [0.25, 0.3) is 15.9 Å². The second-order valence-corrected chi connectivity index (χ2v) is 8.23. The standard InChI is InChI=1S/C21H19ClN2O5S/c1-28-19-13-20(29-2)18(12-17(19)22)23-21(25)14-8-10-16(11-9-14)30(26,27)24-15-6-4-3-5-7-15/h3-13,24H,1-2H3,(H,23,25). The summed E-state index contributed by atoms with van der Waals surface area (Å²) in [6.07, 6.45) is 0. The van der Waals surface area contributed by atoms with E-state index in [1.807, 2.05) is 0 Å². The molecule has 7 nitrogen and oxygen atoms in total. The van der Waals surface area contributed by atoms with Gasteiger partial charge in [-0.1, -0.05) is 29.8 Å². The molecule has 0 spiro atoms. The second kappa shape index (κ2) is 9.06. The van der Waals surface area contributed by atoms with E-state index in [1.54, 1.807) is 36.4 Å². The number of methoxy groups -OCH3 is 2. The van der Waals surface area contributed by atoms with Crippen LogP contribution in [0.2, 0.25) is 5.02 Å². The maximum atomic E-state index is 12.6. The van der Waals surface area contributed by atoms with Crippen LogP contribution in [-0.2, 0) is 10.0 Å². The maximum Gasteiger partial charge on any atom is 0.261 e. The van der Waals surface area contributed by atoms with Gasteiger partial charge in [0.15, 0.2) is 0 Å². The highest BCUT2D eigenvalue weighted by atomic mass is 35.5. The molecule has 0 heterocycles. The lowest BCUT2D eigenvalue weighted by Crippen LogP contribution is -2.15. The van der Waals surface area contributed by atoms with Gasteiger partial charge in [0.05, 0.1) is 29.8 Å². The van der Waals surface area contributed by atoms with Gasteiger partial charge in [-0.25, -0.2) is 8.42 Å². The fourth-order valence-corrected chi connectivity index (χ4v) is 3.96. The van der Waals surface area contributed by atoms with Crippen molar-refractivity contribution < 1.29 is 22.7 Å². The highest BCUT2D eigenvalue weighted by Crippen LogP contribution is 2.36. The summed E-state index contributed by atoms with van der Waals surface area (Å²) in [7, 11) is -0.842. The minimum Gasteiger partial charge on any atom is -0.495 e. The molecule has 2 N–H and O–H groups in total. The summed E-state index contributed by atoms with van der Waals surface area (Å²) in [5.74, 6) is 0.331. The second-order valence-electron chi connectivity index (χ2n) is 6.14. The highest BCUT2D eigenvalue weighted by molar-refractivity contribution is 7.92. The quantitative estimate of drug-likeness (QED) is 0.560. The van der Waals surface area contributed by atoms with Gasteiger partial charge >= 0.3 is 0 Å². The van der Waals surface area contributed by atoms with Crippen LogP contribution in [-0.4, -0.2) is 28.5 Å². The van der Waals surface area contributed by atoms with Crippen LogP contribution in [0.3, 0.4) is 0 Å². The zero-order valence-corrected chi connectivity index (χ0v) is 17.8. The molecule has 0 radical (unpaired) electrons. The lowest BCUT2D eigenvalue weighted by molar-refractivity contribution is 0.102. The number of rotatable bonds is 7. The third kappa shape index (κ3) is 4.84. The molecule has 0 fully saturated rings.